The summed E-state index contributed by atoms with van der Waals surface area (Å²) in [5.74, 6) is 1.13. The zero-order valence-electron chi connectivity index (χ0n) is 18.2. The van der Waals surface area contributed by atoms with E-state index < -0.39 is 10.5 Å². The molecule has 1 fully saturated rings. The van der Waals surface area contributed by atoms with Gasteiger partial charge in [0.25, 0.3) is 11.6 Å². The van der Waals surface area contributed by atoms with Crippen molar-refractivity contribution >= 4 is 17.4 Å². The normalized spacial score (nSPS) is 16.8. The molecule has 2 aliphatic heterocycles. The Hall–Kier alpha value is -3.62. The zero-order valence-corrected chi connectivity index (χ0v) is 18.2. The van der Waals surface area contributed by atoms with Gasteiger partial charge in [-0.3, -0.25) is 19.7 Å². The number of likely N-dealkylation sites (tertiary alicyclic amines) is 1. The average molecular weight is 440 g/mol. The van der Waals surface area contributed by atoms with Crippen LogP contribution in [0.3, 0.4) is 0 Å². The summed E-state index contributed by atoms with van der Waals surface area (Å²) in [4.78, 5) is 38.2. The van der Waals surface area contributed by atoms with E-state index in [1.165, 1.54) is 26.4 Å². The Morgan fingerprint density at radius 2 is 1.88 bits per heavy atom. The molecule has 2 aromatic carbocycles. The van der Waals surface area contributed by atoms with E-state index in [1.807, 2.05) is 0 Å². The summed E-state index contributed by atoms with van der Waals surface area (Å²) in [5, 5.41) is 11.0. The second-order valence-electron chi connectivity index (χ2n) is 8.14. The second kappa shape index (κ2) is 8.14. The summed E-state index contributed by atoms with van der Waals surface area (Å²) in [6.07, 6.45) is 1.20. The summed E-state index contributed by atoms with van der Waals surface area (Å²) in [5.41, 5.74) is 0.556. The number of fused-ring (bicyclic) bond motifs is 1. The molecule has 168 valence electrons. The number of nitrogens with zero attached hydrogens (tertiary/aromatic N) is 2. The van der Waals surface area contributed by atoms with Gasteiger partial charge in [0, 0.05) is 55.3 Å². The number of carbonyl (C=O) groups is 2. The summed E-state index contributed by atoms with van der Waals surface area (Å²) in [6, 6.07) is 7.72. The van der Waals surface area contributed by atoms with Gasteiger partial charge in [-0.2, -0.15) is 0 Å². The number of ketones is 1. The topological polar surface area (TPSA) is 108 Å². The Kier molecular flexibility index (Phi) is 5.50. The van der Waals surface area contributed by atoms with Crippen molar-refractivity contribution in [1.82, 2.24) is 4.90 Å². The summed E-state index contributed by atoms with van der Waals surface area (Å²) >= 11 is 0. The summed E-state index contributed by atoms with van der Waals surface area (Å²) in [6.45, 7) is 2.44. The van der Waals surface area contributed by atoms with Gasteiger partial charge in [-0.05, 0) is 19.1 Å². The molecule has 32 heavy (non-hydrogen) atoms. The molecular weight excluding hydrogens is 416 g/mol. The lowest BCUT2D eigenvalue weighted by molar-refractivity contribution is -0.385. The van der Waals surface area contributed by atoms with Crippen molar-refractivity contribution in [3.05, 3.63) is 57.1 Å². The number of nitro groups is 1. The zero-order chi connectivity index (χ0) is 23.0. The van der Waals surface area contributed by atoms with Crippen LogP contribution in [-0.2, 0) is 0 Å². The lowest BCUT2D eigenvalue weighted by atomic mass is 9.82. The van der Waals surface area contributed by atoms with E-state index in [0.29, 0.717) is 59.9 Å². The van der Waals surface area contributed by atoms with Crippen LogP contribution in [0.15, 0.2) is 30.3 Å². The van der Waals surface area contributed by atoms with E-state index in [-0.39, 0.29) is 23.8 Å². The third-order valence-corrected chi connectivity index (χ3v) is 6.19. The Labute approximate surface area is 185 Å². The third kappa shape index (κ3) is 3.74. The molecule has 2 heterocycles. The van der Waals surface area contributed by atoms with Gasteiger partial charge < -0.3 is 19.1 Å². The highest BCUT2D eigenvalue weighted by Crippen LogP contribution is 2.44. The molecule has 9 nitrogen and oxygen atoms in total. The first-order valence-electron chi connectivity index (χ1n) is 10.3. The molecule has 0 unspecified atom stereocenters. The fraction of sp³-hybridized carbons (Fsp3) is 0.391. The van der Waals surface area contributed by atoms with E-state index in [0.717, 1.165) is 0 Å². The Bertz CT molecular complexity index is 1100. The summed E-state index contributed by atoms with van der Waals surface area (Å²) in [7, 11) is 3.03. The molecule has 0 saturated carbocycles. The van der Waals surface area contributed by atoms with Crippen LogP contribution < -0.4 is 14.2 Å². The highest BCUT2D eigenvalue weighted by molar-refractivity contribution is 6.03. The molecule has 0 aliphatic carbocycles. The van der Waals surface area contributed by atoms with Gasteiger partial charge in [0.1, 0.15) is 28.4 Å². The molecule has 0 radical (unpaired) electrons. The highest BCUT2D eigenvalue weighted by Gasteiger charge is 2.45. The number of carbonyl (C=O) groups excluding carboxylic acids is 2. The van der Waals surface area contributed by atoms with Gasteiger partial charge in [0.05, 0.1) is 25.6 Å². The van der Waals surface area contributed by atoms with Gasteiger partial charge >= 0.3 is 0 Å². The number of hydrogen-bond donors (Lipinski definition) is 0. The van der Waals surface area contributed by atoms with Crippen molar-refractivity contribution < 1.29 is 28.7 Å². The number of hydrogen-bond acceptors (Lipinski definition) is 7. The molecule has 9 heteroatoms. The predicted octanol–water partition coefficient (Wildman–Crippen LogP) is 3.56. The fourth-order valence-corrected chi connectivity index (χ4v) is 4.42. The minimum atomic E-state index is -0.691. The Balaban J connectivity index is 1.51. The van der Waals surface area contributed by atoms with E-state index in [9.17, 15) is 19.7 Å². The molecule has 1 amide bonds. The monoisotopic (exact) mass is 440 g/mol. The van der Waals surface area contributed by atoms with Crippen molar-refractivity contribution in [2.75, 3.05) is 27.3 Å². The molecule has 1 saturated heterocycles. The van der Waals surface area contributed by atoms with Crippen LogP contribution in [-0.4, -0.2) is 54.4 Å². The molecule has 0 aromatic heterocycles. The van der Waals surface area contributed by atoms with Gasteiger partial charge in [0.15, 0.2) is 5.78 Å². The van der Waals surface area contributed by atoms with Crippen molar-refractivity contribution in [2.24, 2.45) is 0 Å². The number of benzene rings is 2. The first-order valence-corrected chi connectivity index (χ1v) is 10.3. The number of methoxy groups -OCH3 is 2. The predicted molar refractivity (Wildman–Crippen MR) is 115 cm³/mol. The molecule has 2 aliphatic rings. The largest absolute Gasteiger partial charge is 0.496 e. The fourth-order valence-electron chi connectivity index (χ4n) is 4.42. The molecular formula is C23H24N2O7. The maximum absolute atomic E-state index is 13.0. The first kappa shape index (κ1) is 21.6. The van der Waals surface area contributed by atoms with E-state index in [2.05, 4.69) is 0 Å². The second-order valence-corrected chi connectivity index (χ2v) is 8.14. The number of piperidine rings is 1. The van der Waals surface area contributed by atoms with E-state index in [4.69, 9.17) is 14.2 Å². The van der Waals surface area contributed by atoms with Crippen molar-refractivity contribution in [2.45, 2.75) is 31.8 Å². The molecule has 2 aromatic rings. The molecule has 0 N–H and O–H groups in total. The van der Waals surface area contributed by atoms with Crippen LogP contribution in [0.4, 0.5) is 5.69 Å². The molecule has 0 bridgehead atoms. The van der Waals surface area contributed by atoms with Gasteiger partial charge in [-0.1, -0.05) is 0 Å². The SMILES string of the molecule is COc1cc(OC)c2c(c1)OC1(CCN(C(=O)c3ccc([N+](=O)[O-])c(C)c3)CC1)CC2=O. The van der Waals surface area contributed by atoms with Gasteiger partial charge in [0.2, 0.25) is 0 Å². The third-order valence-electron chi connectivity index (χ3n) is 6.19. The van der Waals surface area contributed by atoms with Crippen LogP contribution in [0.25, 0.3) is 0 Å². The highest BCUT2D eigenvalue weighted by atomic mass is 16.6. The van der Waals surface area contributed by atoms with E-state index in [1.54, 1.807) is 30.0 Å². The van der Waals surface area contributed by atoms with Crippen molar-refractivity contribution in [1.29, 1.82) is 0 Å². The quantitative estimate of drug-likeness (QED) is 0.528. The van der Waals surface area contributed by atoms with Crippen LogP contribution in [0, 0.1) is 17.0 Å². The average Bonchev–Trinajstić information content (AvgIpc) is 2.77. The number of nitro benzene ring substituents is 1. The van der Waals surface area contributed by atoms with Crippen molar-refractivity contribution in [3.8, 4) is 17.2 Å². The molecule has 1 spiro atoms. The van der Waals surface area contributed by atoms with Gasteiger partial charge in [-0.25, -0.2) is 0 Å². The van der Waals surface area contributed by atoms with Crippen LogP contribution in [0.1, 0.15) is 45.5 Å². The molecule has 0 atom stereocenters. The maximum atomic E-state index is 13.0. The first-order chi connectivity index (χ1) is 15.3. The van der Waals surface area contributed by atoms with E-state index >= 15 is 0 Å². The number of rotatable bonds is 4. The number of amides is 1. The minimum absolute atomic E-state index is 0.0159. The summed E-state index contributed by atoms with van der Waals surface area (Å²) < 4.78 is 17.0. The minimum Gasteiger partial charge on any atom is -0.496 e. The van der Waals surface area contributed by atoms with Crippen LogP contribution in [0.2, 0.25) is 0 Å². The number of Topliss-reactive ketones (excluding diaryl/α,β-unsaturated/α-hetero) is 1. The Morgan fingerprint density at radius 3 is 2.47 bits per heavy atom. The van der Waals surface area contributed by atoms with Crippen LogP contribution >= 0.6 is 0 Å². The Morgan fingerprint density at radius 1 is 1.16 bits per heavy atom. The maximum Gasteiger partial charge on any atom is 0.272 e. The molecule has 4 rings (SSSR count). The van der Waals surface area contributed by atoms with Crippen molar-refractivity contribution in [3.63, 3.8) is 0 Å². The number of aryl methyl sites for hydroxylation is 1. The lowest BCUT2D eigenvalue weighted by Gasteiger charge is -2.44. The van der Waals surface area contributed by atoms with Gasteiger partial charge in [-0.15, -0.1) is 0 Å². The standard InChI is InChI=1S/C23H24N2O7/c1-14-10-15(4-5-17(14)25(28)29)22(27)24-8-6-23(7-9-24)13-18(26)21-19(31-3)11-16(30-2)12-20(21)32-23/h4-5,10-12H,6-9,13H2,1-3H3. The van der Waals surface area contributed by atoms with Crippen LogP contribution in [0.5, 0.6) is 17.2 Å². The number of ether oxygens (including phenoxy) is 3. The lowest BCUT2D eigenvalue weighted by Crippen LogP contribution is -2.52. The smallest absolute Gasteiger partial charge is 0.272 e.